The van der Waals surface area contributed by atoms with Crippen LogP contribution in [0.15, 0.2) is 11.6 Å². The van der Waals surface area contributed by atoms with E-state index in [-0.39, 0.29) is 29.6 Å². The van der Waals surface area contributed by atoms with Crippen LogP contribution in [0.1, 0.15) is 82.1 Å². The lowest BCUT2D eigenvalue weighted by Gasteiger charge is -2.49. The number of rotatable bonds is 5. The van der Waals surface area contributed by atoms with Crippen LogP contribution in [-0.4, -0.2) is 59.5 Å². The Labute approximate surface area is 225 Å². The van der Waals surface area contributed by atoms with Gasteiger partial charge in [-0.05, 0) is 46.1 Å². The van der Waals surface area contributed by atoms with Crippen LogP contribution in [0.2, 0.25) is 0 Å². The number of carbonyl (C=O) groups is 4. The van der Waals surface area contributed by atoms with Crippen LogP contribution in [0.5, 0.6) is 0 Å². The molecule has 0 aromatic carbocycles. The van der Waals surface area contributed by atoms with Crippen LogP contribution in [0.3, 0.4) is 0 Å². The zero-order valence-corrected chi connectivity index (χ0v) is 24.4. The summed E-state index contributed by atoms with van der Waals surface area (Å²) in [5.41, 5.74) is -0.642. The fourth-order valence-electron chi connectivity index (χ4n) is 7.46. The maximum absolute atomic E-state index is 12.2. The fourth-order valence-corrected chi connectivity index (χ4v) is 7.46. The molecule has 2 fully saturated rings. The number of fused-ring (bicyclic) bond motifs is 5. The molecular formula is C29H44O9. The summed E-state index contributed by atoms with van der Waals surface area (Å²) in [6.45, 7) is 17.3. The van der Waals surface area contributed by atoms with Crippen molar-refractivity contribution in [2.24, 2.45) is 29.6 Å². The summed E-state index contributed by atoms with van der Waals surface area (Å²) in [5.74, 6) is -2.75. The van der Waals surface area contributed by atoms with Crippen molar-refractivity contribution in [3.63, 3.8) is 0 Å². The van der Waals surface area contributed by atoms with Crippen LogP contribution < -0.4 is 0 Å². The highest BCUT2D eigenvalue weighted by atomic mass is 16.6. The number of ether oxygens (including phenoxy) is 5. The summed E-state index contributed by atoms with van der Waals surface area (Å²) in [7, 11) is 0. The molecule has 0 aromatic heterocycles. The van der Waals surface area contributed by atoms with Crippen LogP contribution >= 0.6 is 0 Å². The second-order valence-corrected chi connectivity index (χ2v) is 12.1. The number of hydrogen-bond acceptors (Lipinski definition) is 9. The van der Waals surface area contributed by atoms with Gasteiger partial charge >= 0.3 is 23.9 Å². The van der Waals surface area contributed by atoms with Crippen molar-refractivity contribution < 1.29 is 42.9 Å². The van der Waals surface area contributed by atoms with E-state index in [1.165, 1.54) is 27.7 Å². The lowest BCUT2D eigenvalue weighted by Crippen LogP contribution is -2.56. The number of esters is 4. The van der Waals surface area contributed by atoms with Crippen molar-refractivity contribution in [1.29, 1.82) is 0 Å². The Bertz CT molecular complexity index is 985. The molecule has 0 aromatic rings. The van der Waals surface area contributed by atoms with Crippen LogP contribution in [0.25, 0.3) is 0 Å². The molecule has 3 rings (SSSR count). The van der Waals surface area contributed by atoms with Gasteiger partial charge in [-0.3, -0.25) is 19.2 Å². The van der Waals surface area contributed by atoms with E-state index in [0.29, 0.717) is 12.8 Å². The van der Waals surface area contributed by atoms with Gasteiger partial charge in [-0.2, -0.15) is 0 Å². The van der Waals surface area contributed by atoms with Gasteiger partial charge in [0.25, 0.3) is 0 Å². The standard InChI is InChI=1S/C29H44O9/c1-14-11-23(36-19(6)32)26(28(8,9)37-20(7)33)24-25(14)29(10)15(2)12-21(34-17(4)30)13-22(35-18(5)31)16(3)27(24)38-29/h11,15-16,21-27H,12-13H2,1-10H3. The SMILES string of the molecule is CC(=O)OC1CC(OC(C)=O)C(C)C2OC(C)(C(C)C1)C1C(C)=CC(OC(C)=O)C(C(C)(C)OC(C)=O)C21. The second kappa shape index (κ2) is 11.0. The molecule has 2 heterocycles. The Morgan fingerprint density at radius 2 is 1.50 bits per heavy atom. The van der Waals surface area contributed by atoms with Gasteiger partial charge in [-0.15, -0.1) is 0 Å². The van der Waals surface area contributed by atoms with E-state index >= 15 is 0 Å². The molecule has 0 N–H and O–H groups in total. The van der Waals surface area contributed by atoms with Gasteiger partial charge in [-0.25, -0.2) is 0 Å². The smallest absolute Gasteiger partial charge is 0.303 e. The maximum atomic E-state index is 12.2. The molecule has 0 amide bonds. The highest BCUT2D eigenvalue weighted by Gasteiger charge is 2.65. The van der Waals surface area contributed by atoms with Gasteiger partial charge in [0.05, 0.1) is 11.7 Å². The van der Waals surface area contributed by atoms with Gasteiger partial charge in [-0.1, -0.05) is 19.4 Å². The Kier molecular flexibility index (Phi) is 8.71. The summed E-state index contributed by atoms with van der Waals surface area (Å²) in [6.07, 6.45) is 0.748. The molecular weight excluding hydrogens is 492 g/mol. The molecule has 0 saturated carbocycles. The third-order valence-corrected chi connectivity index (χ3v) is 8.81. The first-order chi connectivity index (χ1) is 17.5. The molecule has 9 nitrogen and oxygen atoms in total. The first-order valence-corrected chi connectivity index (χ1v) is 13.5. The first-order valence-electron chi connectivity index (χ1n) is 13.5. The lowest BCUT2D eigenvalue weighted by atomic mass is 9.57. The lowest BCUT2D eigenvalue weighted by molar-refractivity contribution is -0.180. The molecule has 2 aliphatic heterocycles. The summed E-state index contributed by atoms with van der Waals surface area (Å²) < 4.78 is 30.2. The molecule has 3 aliphatic rings. The fraction of sp³-hybridized carbons (Fsp3) is 0.793. The summed E-state index contributed by atoms with van der Waals surface area (Å²) in [4.78, 5) is 48.5. The topological polar surface area (TPSA) is 114 Å². The molecule has 0 spiro atoms. The van der Waals surface area contributed by atoms with Crippen molar-refractivity contribution >= 4 is 23.9 Å². The van der Waals surface area contributed by atoms with Crippen molar-refractivity contribution in [3.05, 3.63) is 11.6 Å². The molecule has 1 aliphatic carbocycles. The van der Waals surface area contributed by atoms with Crippen LogP contribution in [0.4, 0.5) is 0 Å². The highest BCUT2D eigenvalue weighted by molar-refractivity contribution is 5.68. The molecule has 2 saturated heterocycles. The zero-order chi connectivity index (χ0) is 28.7. The molecule has 10 unspecified atom stereocenters. The molecule has 38 heavy (non-hydrogen) atoms. The third kappa shape index (κ3) is 5.92. The molecule has 10 atom stereocenters. The zero-order valence-electron chi connectivity index (χ0n) is 24.4. The minimum Gasteiger partial charge on any atom is -0.462 e. The molecule has 214 valence electrons. The van der Waals surface area contributed by atoms with E-state index in [0.717, 1.165) is 5.57 Å². The number of hydrogen-bond donors (Lipinski definition) is 0. The van der Waals surface area contributed by atoms with Crippen molar-refractivity contribution in [1.82, 2.24) is 0 Å². The van der Waals surface area contributed by atoms with Crippen LogP contribution in [0, 0.1) is 29.6 Å². The van der Waals surface area contributed by atoms with Gasteiger partial charge in [0.1, 0.15) is 23.9 Å². The minimum absolute atomic E-state index is 0.0428. The van der Waals surface area contributed by atoms with E-state index in [1.807, 2.05) is 33.8 Å². The van der Waals surface area contributed by atoms with Crippen LogP contribution in [-0.2, 0) is 42.9 Å². The predicted octanol–water partition coefficient (Wildman–Crippen LogP) is 4.16. The van der Waals surface area contributed by atoms with Crippen molar-refractivity contribution in [2.75, 3.05) is 0 Å². The van der Waals surface area contributed by atoms with Gasteiger partial charge in [0, 0.05) is 57.8 Å². The second-order valence-electron chi connectivity index (χ2n) is 12.1. The van der Waals surface area contributed by atoms with Gasteiger partial charge in [0.2, 0.25) is 0 Å². The first kappa shape index (κ1) is 30.1. The number of carbonyl (C=O) groups excluding carboxylic acids is 4. The predicted molar refractivity (Wildman–Crippen MR) is 138 cm³/mol. The average molecular weight is 537 g/mol. The normalized spacial score (nSPS) is 38.9. The minimum atomic E-state index is -0.997. The Morgan fingerprint density at radius 1 is 0.921 bits per heavy atom. The third-order valence-electron chi connectivity index (χ3n) is 8.81. The van der Waals surface area contributed by atoms with E-state index < -0.39 is 59.4 Å². The largest absolute Gasteiger partial charge is 0.462 e. The van der Waals surface area contributed by atoms with Gasteiger partial charge < -0.3 is 23.7 Å². The average Bonchev–Trinajstić information content (AvgIpc) is 3.05. The Morgan fingerprint density at radius 3 is 2.03 bits per heavy atom. The van der Waals surface area contributed by atoms with Crippen molar-refractivity contribution in [2.45, 2.75) is 118 Å². The van der Waals surface area contributed by atoms with E-state index in [2.05, 4.69) is 13.8 Å². The van der Waals surface area contributed by atoms with E-state index in [9.17, 15) is 19.2 Å². The van der Waals surface area contributed by atoms with E-state index in [1.54, 1.807) is 0 Å². The molecule has 0 radical (unpaired) electrons. The monoisotopic (exact) mass is 536 g/mol. The van der Waals surface area contributed by atoms with E-state index in [4.69, 9.17) is 23.7 Å². The maximum Gasteiger partial charge on any atom is 0.303 e. The molecule has 2 bridgehead atoms. The van der Waals surface area contributed by atoms with Gasteiger partial charge in [0.15, 0.2) is 0 Å². The Balaban J connectivity index is 2.21. The summed E-state index contributed by atoms with van der Waals surface area (Å²) in [6, 6.07) is 0. The van der Waals surface area contributed by atoms with Crippen molar-refractivity contribution in [3.8, 4) is 0 Å². The quantitative estimate of drug-likeness (QED) is 0.290. The molecule has 9 heteroatoms. The Hall–Kier alpha value is -2.42. The summed E-state index contributed by atoms with van der Waals surface area (Å²) in [5, 5.41) is 0. The summed E-state index contributed by atoms with van der Waals surface area (Å²) >= 11 is 0. The highest BCUT2D eigenvalue weighted by Crippen LogP contribution is 2.59.